The van der Waals surface area contributed by atoms with E-state index in [1.807, 2.05) is 38.1 Å². The number of rotatable bonds is 4. The third-order valence-corrected chi connectivity index (χ3v) is 4.49. The molecule has 1 heterocycles. The van der Waals surface area contributed by atoms with Gasteiger partial charge in [0, 0.05) is 29.1 Å². The number of non-ortho nitro benzene ring substituents is 1. The molecular weight excluding hydrogens is 330 g/mol. The second kappa shape index (κ2) is 6.71. The fourth-order valence-electron chi connectivity index (χ4n) is 3.10. The molecule has 0 N–H and O–H groups in total. The van der Waals surface area contributed by atoms with Gasteiger partial charge in [0.1, 0.15) is 0 Å². The number of benzene rings is 2. The highest BCUT2D eigenvalue weighted by Crippen LogP contribution is 2.30. The Balaban J connectivity index is 2.33. The largest absolute Gasteiger partial charge is 0.348 e. The summed E-state index contributed by atoms with van der Waals surface area (Å²) in [5.74, 6) is 0.392. The molecule has 0 saturated heterocycles. The topological polar surface area (TPSA) is 78.0 Å². The van der Waals surface area contributed by atoms with Gasteiger partial charge in [0.2, 0.25) is 0 Å². The highest BCUT2D eigenvalue weighted by molar-refractivity contribution is 5.94. The molecule has 26 heavy (non-hydrogen) atoms. The second-order valence-electron chi connectivity index (χ2n) is 6.94. The molecule has 6 nitrogen and oxygen atoms in total. The van der Waals surface area contributed by atoms with E-state index in [0.29, 0.717) is 22.5 Å². The zero-order valence-corrected chi connectivity index (χ0v) is 15.3. The number of hydrogen-bond donors (Lipinski definition) is 0. The van der Waals surface area contributed by atoms with Gasteiger partial charge in [-0.3, -0.25) is 14.7 Å². The molecule has 3 rings (SSSR count). The van der Waals surface area contributed by atoms with E-state index in [4.69, 9.17) is 0 Å². The van der Waals surface area contributed by atoms with Crippen molar-refractivity contribution in [3.63, 3.8) is 0 Å². The number of nitro benzene ring substituents is 1. The Labute approximate surface area is 151 Å². The lowest BCUT2D eigenvalue weighted by molar-refractivity contribution is -0.384. The van der Waals surface area contributed by atoms with Crippen LogP contribution in [0, 0.1) is 10.1 Å². The predicted molar refractivity (Wildman–Crippen MR) is 103 cm³/mol. The third-order valence-electron chi connectivity index (χ3n) is 4.49. The van der Waals surface area contributed by atoms with Gasteiger partial charge in [0.15, 0.2) is 0 Å². The van der Waals surface area contributed by atoms with Gasteiger partial charge in [0.25, 0.3) is 5.69 Å². The average Bonchev–Trinajstić information content (AvgIpc) is 2.60. The van der Waals surface area contributed by atoms with E-state index in [-0.39, 0.29) is 17.4 Å². The molecule has 0 bridgehead atoms. The first-order chi connectivity index (χ1) is 12.3. The first-order valence-corrected chi connectivity index (χ1v) is 8.60. The van der Waals surface area contributed by atoms with Crippen molar-refractivity contribution >= 4 is 16.6 Å². The predicted octanol–water partition coefficient (Wildman–Crippen LogP) is 4.68. The minimum Gasteiger partial charge on any atom is -0.289 e. The fourth-order valence-corrected chi connectivity index (χ4v) is 3.10. The zero-order chi connectivity index (χ0) is 19.0. The van der Waals surface area contributed by atoms with Crippen molar-refractivity contribution in [2.24, 2.45) is 0 Å². The van der Waals surface area contributed by atoms with E-state index in [1.165, 1.54) is 17.7 Å². The smallest absolute Gasteiger partial charge is 0.289 e. The van der Waals surface area contributed by atoms with Crippen LogP contribution in [0.1, 0.15) is 45.2 Å². The van der Waals surface area contributed by atoms with Crippen LogP contribution in [0.3, 0.4) is 0 Å². The summed E-state index contributed by atoms with van der Waals surface area (Å²) in [5, 5.41) is 11.8. The lowest BCUT2D eigenvalue weighted by atomic mass is 9.99. The highest BCUT2D eigenvalue weighted by Gasteiger charge is 2.17. The Kier molecular flexibility index (Phi) is 4.59. The maximum atomic E-state index is 12.6. The number of nitro groups is 1. The lowest BCUT2D eigenvalue weighted by Crippen LogP contribution is -2.25. The van der Waals surface area contributed by atoms with Gasteiger partial charge in [0.05, 0.1) is 16.1 Å². The third kappa shape index (κ3) is 3.10. The van der Waals surface area contributed by atoms with Gasteiger partial charge in [-0.25, -0.2) is 4.79 Å². The van der Waals surface area contributed by atoms with Crippen LogP contribution in [0.5, 0.6) is 0 Å². The van der Waals surface area contributed by atoms with E-state index >= 15 is 0 Å². The Morgan fingerprint density at radius 2 is 1.69 bits per heavy atom. The molecule has 0 saturated carbocycles. The summed E-state index contributed by atoms with van der Waals surface area (Å²) in [6.45, 7) is 7.99. The molecule has 0 spiro atoms. The normalized spacial score (nSPS) is 11.5. The van der Waals surface area contributed by atoms with E-state index in [0.717, 1.165) is 5.56 Å². The Morgan fingerprint density at radius 1 is 1.04 bits per heavy atom. The average molecular weight is 351 g/mol. The Morgan fingerprint density at radius 3 is 2.23 bits per heavy atom. The van der Waals surface area contributed by atoms with E-state index in [1.54, 1.807) is 10.6 Å². The number of nitrogens with zero attached hydrogens (tertiary/aromatic N) is 3. The second-order valence-corrected chi connectivity index (χ2v) is 6.94. The molecule has 2 aromatic carbocycles. The highest BCUT2D eigenvalue weighted by atomic mass is 16.6. The first kappa shape index (κ1) is 17.8. The molecule has 6 heteroatoms. The van der Waals surface area contributed by atoms with Crippen LogP contribution in [0.25, 0.3) is 22.2 Å². The van der Waals surface area contributed by atoms with E-state index in [9.17, 15) is 14.9 Å². The van der Waals surface area contributed by atoms with E-state index < -0.39 is 4.92 Å². The molecule has 134 valence electrons. The summed E-state index contributed by atoms with van der Waals surface area (Å²) >= 11 is 0. The van der Waals surface area contributed by atoms with Crippen molar-refractivity contribution in [2.45, 2.75) is 39.7 Å². The van der Waals surface area contributed by atoms with Gasteiger partial charge in [-0.15, -0.1) is 0 Å². The summed E-state index contributed by atoms with van der Waals surface area (Å²) in [6, 6.07) is 12.3. The van der Waals surface area contributed by atoms with Gasteiger partial charge in [-0.05, 0) is 31.4 Å². The minimum atomic E-state index is -0.435. The number of hydrogen-bond acceptors (Lipinski definition) is 4. The van der Waals surface area contributed by atoms with Crippen LogP contribution in [-0.4, -0.2) is 14.5 Å². The molecule has 0 aliphatic carbocycles. The maximum absolute atomic E-state index is 12.6. The van der Waals surface area contributed by atoms with Crippen LogP contribution in [0.4, 0.5) is 5.69 Å². The van der Waals surface area contributed by atoms with Crippen molar-refractivity contribution in [3.05, 3.63) is 68.6 Å². The van der Waals surface area contributed by atoms with Crippen LogP contribution in [0.2, 0.25) is 0 Å². The summed E-state index contributed by atoms with van der Waals surface area (Å²) in [4.78, 5) is 27.6. The zero-order valence-electron chi connectivity index (χ0n) is 15.3. The molecule has 0 unspecified atom stereocenters. The SMILES string of the molecule is CC(C)c1ccc(-c2nc(=O)n(C(C)C)c3ccc([N+](=O)[O-])cc23)cc1. The summed E-state index contributed by atoms with van der Waals surface area (Å²) < 4.78 is 1.56. The van der Waals surface area contributed by atoms with Crippen LogP contribution in [0.15, 0.2) is 47.3 Å². The Bertz CT molecular complexity index is 1030. The van der Waals surface area contributed by atoms with Crippen molar-refractivity contribution in [2.75, 3.05) is 0 Å². The monoisotopic (exact) mass is 351 g/mol. The molecular formula is C20H21N3O3. The summed E-state index contributed by atoms with van der Waals surface area (Å²) in [6.07, 6.45) is 0. The number of aromatic nitrogens is 2. The summed E-state index contributed by atoms with van der Waals surface area (Å²) in [5.41, 5.74) is 2.69. The van der Waals surface area contributed by atoms with Gasteiger partial charge in [-0.1, -0.05) is 38.1 Å². The lowest BCUT2D eigenvalue weighted by Gasteiger charge is -2.15. The van der Waals surface area contributed by atoms with Gasteiger partial charge in [-0.2, -0.15) is 4.98 Å². The standard InChI is InChI=1S/C20H21N3O3/c1-12(2)14-5-7-15(8-6-14)19-17-11-16(23(25)26)9-10-18(17)22(13(3)4)20(24)21-19/h5-13H,1-4H3. The van der Waals surface area contributed by atoms with Crippen molar-refractivity contribution in [3.8, 4) is 11.3 Å². The van der Waals surface area contributed by atoms with Crippen molar-refractivity contribution < 1.29 is 4.92 Å². The van der Waals surface area contributed by atoms with Crippen molar-refractivity contribution in [1.29, 1.82) is 0 Å². The molecule has 0 atom stereocenters. The van der Waals surface area contributed by atoms with Crippen molar-refractivity contribution in [1.82, 2.24) is 9.55 Å². The van der Waals surface area contributed by atoms with E-state index in [2.05, 4.69) is 18.8 Å². The molecule has 3 aromatic rings. The molecule has 0 fully saturated rings. The first-order valence-electron chi connectivity index (χ1n) is 8.60. The molecule has 1 aromatic heterocycles. The molecule has 0 radical (unpaired) electrons. The number of fused-ring (bicyclic) bond motifs is 1. The molecule has 0 aliphatic heterocycles. The van der Waals surface area contributed by atoms with Crippen LogP contribution < -0.4 is 5.69 Å². The summed E-state index contributed by atoms with van der Waals surface area (Å²) in [7, 11) is 0. The maximum Gasteiger partial charge on any atom is 0.348 e. The molecule has 0 amide bonds. The van der Waals surface area contributed by atoms with Crippen LogP contribution >= 0.6 is 0 Å². The Hall–Kier alpha value is -3.02. The van der Waals surface area contributed by atoms with Gasteiger partial charge < -0.3 is 0 Å². The quantitative estimate of drug-likeness (QED) is 0.505. The van der Waals surface area contributed by atoms with Crippen LogP contribution in [-0.2, 0) is 0 Å². The van der Waals surface area contributed by atoms with Gasteiger partial charge >= 0.3 is 5.69 Å². The minimum absolute atomic E-state index is 0.0201. The fraction of sp³-hybridized carbons (Fsp3) is 0.300. The molecule has 0 aliphatic rings.